The van der Waals surface area contributed by atoms with Gasteiger partial charge in [0.15, 0.2) is 0 Å². The fourth-order valence-corrected chi connectivity index (χ4v) is 2.15. The molecule has 1 rings (SSSR count). The van der Waals surface area contributed by atoms with E-state index in [0.717, 1.165) is 5.92 Å². The van der Waals surface area contributed by atoms with Crippen molar-refractivity contribution < 1.29 is 0 Å². The molecule has 0 amide bonds. The van der Waals surface area contributed by atoms with E-state index >= 15 is 0 Å². The van der Waals surface area contributed by atoms with Crippen LogP contribution in [0.15, 0.2) is 16.8 Å². The number of hydrogen-bond donors (Lipinski definition) is 0. The van der Waals surface area contributed by atoms with Crippen LogP contribution in [-0.4, -0.2) is 0 Å². The Bertz CT molecular complexity index is 189. The topological polar surface area (TPSA) is 0 Å². The average Bonchev–Trinajstić information content (AvgIpc) is 2.53. The summed E-state index contributed by atoms with van der Waals surface area (Å²) in [6, 6.07) is 2.24. The zero-order valence-electron chi connectivity index (χ0n) is 8.05. The van der Waals surface area contributed by atoms with Crippen molar-refractivity contribution in [3.05, 3.63) is 22.4 Å². The first-order chi connectivity index (χ1) is 5.83. The molecule has 0 saturated carbocycles. The lowest BCUT2D eigenvalue weighted by Gasteiger charge is -2.08. The van der Waals surface area contributed by atoms with Crippen LogP contribution in [0.5, 0.6) is 0 Å². The van der Waals surface area contributed by atoms with Crippen LogP contribution in [-0.2, 0) is 6.42 Å². The Morgan fingerprint density at radius 1 is 1.50 bits per heavy atom. The van der Waals surface area contributed by atoms with Crippen LogP contribution in [0.1, 0.15) is 38.7 Å². The lowest BCUT2D eigenvalue weighted by atomic mass is 9.98. The van der Waals surface area contributed by atoms with Gasteiger partial charge in [0.2, 0.25) is 0 Å². The second-order valence-electron chi connectivity index (χ2n) is 3.58. The Morgan fingerprint density at radius 2 is 2.33 bits per heavy atom. The van der Waals surface area contributed by atoms with Crippen LogP contribution in [0.2, 0.25) is 0 Å². The lowest BCUT2D eigenvalue weighted by molar-refractivity contribution is 0.504. The first-order valence-corrected chi connectivity index (χ1v) is 5.78. The van der Waals surface area contributed by atoms with Crippen LogP contribution in [0.4, 0.5) is 0 Å². The summed E-state index contributed by atoms with van der Waals surface area (Å²) >= 11 is 1.81. The molecule has 1 atom stereocenters. The van der Waals surface area contributed by atoms with E-state index in [1.807, 2.05) is 0 Å². The minimum atomic E-state index is 0.861. The summed E-state index contributed by atoms with van der Waals surface area (Å²) in [5, 5.41) is 4.43. The summed E-state index contributed by atoms with van der Waals surface area (Å²) < 4.78 is 0. The normalized spacial score (nSPS) is 13.2. The zero-order valence-corrected chi connectivity index (χ0v) is 8.86. The maximum atomic E-state index is 2.35. The number of thiophene rings is 1. The van der Waals surface area contributed by atoms with E-state index < -0.39 is 0 Å². The Labute approximate surface area is 79.6 Å². The van der Waals surface area contributed by atoms with Crippen molar-refractivity contribution in [3.63, 3.8) is 0 Å². The van der Waals surface area contributed by atoms with Gasteiger partial charge in [-0.1, -0.05) is 33.1 Å². The van der Waals surface area contributed by atoms with Gasteiger partial charge in [0.25, 0.3) is 0 Å². The van der Waals surface area contributed by atoms with Gasteiger partial charge in [-0.25, -0.2) is 0 Å². The van der Waals surface area contributed by atoms with E-state index in [2.05, 4.69) is 30.7 Å². The molecule has 12 heavy (non-hydrogen) atoms. The third-order valence-electron chi connectivity index (χ3n) is 2.21. The van der Waals surface area contributed by atoms with Crippen molar-refractivity contribution in [2.24, 2.45) is 5.92 Å². The van der Waals surface area contributed by atoms with E-state index in [4.69, 9.17) is 0 Å². The van der Waals surface area contributed by atoms with Crippen molar-refractivity contribution >= 4 is 11.3 Å². The maximum absolute atomic E-state index is 2.35. The standard InChI is InChI=1S/C11H18S/c1-3-4-5-10(2)8-11-6-7-12-9-11/h6-7,9-10H,3-5,8H2,1-2H3. The van der Waals surface area contributed by atoms with Gasteiger partial charge >= 0.3 is 0 Å². The zero-order chi connectivity index (χ0) is 8.81. The summed E-state index contributed by atoms with van der Waals surface area (Å²) in [5.41, 5.74) is 1.52. The van der Waals surface area contributed by atoms with E-state index in [0.29, 0.717) is 0 Å². The van der Waals surface area contributed by atoms with Gasteiger partial charge in [0.05, 0.1) is 0 Å². The molecule has 1 aromatic heterocycles. The fourth-order valence-electron chi connectivity index (χ4n) is 1.47. The highest BCUT2D eigenvalue weighted by atomic mass is 32.1. The van der Waals surface area contributed by atoms with Gasteiger partial charge < -0.3 is 0 Å². The maximum Gasteiger partial charge on any atom is -0.00612 e. The fraction of sp³-hybridized carbons (Fsp3) is 0.636. The van der Waals surface area contributed by atoms with Crippen LogP contribution < -0.4 is 0 Å². The third-order valence-corrected chi connectivity index (χ3v) is 2.95. The van der Waals surface area contributed by atoms with Gasteiger partial charge in [0, 0.05) is 0 Å². The molecule has 0 nitrogen and oxygen atoms in total. The quantitative estimate of drug-likeness (QED) is 0.642. The van der Waals surface area contributed by atoms with E-state index in [1.165, 1.54) is 31.2 Å². The molecule has 0 radical (unpaired) electrons. The Kier molecular flexibility index (Phi) is 4.37. The molecule has 1 unspecified atom stereocenters. The van der Waals surface area contributed by atoms with E-state index in [9.17, 15) is 0 Å². The molecular weight excluding hydrogens is 164 g/mol. The first kappa shape index (κ1) is 9.79. The summed E-state index contributed by atoms with van der Waals surface area (Å²) in [5.74, 6) is 0.861. The second kappa shape index (κ2) is 5.36. The number of unbranched alkanes of at least 4 members (excludes halogenated alkanes) is 1. The number of rotatable bonds is 5. The molecule has 0 saturated heterocycles. The Morgan fingerprint density at radius 3 is 2.92 bits per heavy atom. The number of hydrogen-bond acceptors (Lipinski definition) is 1. The largest absolute Gasteiger partial charge is 0.152 e. The van der Waals surface area contributed by atoms with Crippen molar-refractivity contribution in [2.45, 2.75) is 39.5 Å². The molecule has 0 aliphatic rings. The summed E-state index contributed by atoms with van der Waals surface area (Å²) in [4.78, 5) is 0. The molecule has 0 spiro atoms. The van der Waals surface area contributed by atoms with Gasteiger partial charge in [-0.3, -0.25) is 0 Å². The summed E-state index contributed by atoms with van der Waals surface area (Å²) in [6.07, 6.45) is 5.36. The van der Waals surface area contributed by atoms with Gasteiger partial charge in [-0.15, -0.1) is 0 Å². The molecule has 1 aromatic rings. The highest BCUT2D eigenvalue weighted by Crippen LogP contribution is 2.16. The molecule has 68 valence electrons. The van der Waals surface area contributed by atoms with Crippen molar-refractivity contribution in [1.29, 1.82) is 0 Å². The van der Waals surface area contributed by atoms with Gasteiger partial charge in [0.1, 0.15) is 0 Å². The van der Waals surface area contributed by atoms with Crippen LogP contribution in [0, 0.1) is 5.92 Å². The molecule has 0 aliphatic carbocycles. The minimum absolute atomic E-state index is 0.861. The second-order valence-corrected chi connectivity index (χ2v) is 4.36. The van der Waals surface area contributed by atoms with Crippen LogP contribution in [0.25, 0.3) is 0 Å². The molecule has 0 bridgehead atoms. The van der Waals surface area contributed by atoms with E-state index in [-0.39, 0.29) is 0 Å². The summed E-state index contributed by atoms with van der Waals surface area (Å²) in [7, 11) is 0. The highest BCUT2D eigenvalue weighted by molar-refractivity contribution is 7.07. The van der Waals surface area contributed by atoms with Crippen LogP contribution in [0.3, 0.4) is 0 Å². The van der Waals surface area contributed by atoms with Gasteiger partial charge in [-0.05, 0) is 34.7 Å². The van der Waals surface area contributed by atoms with Crippen molar-refractivity contribution in [1.82, 2.24) is 0 Å². The van der Waals surface area contributed by atoms with E-state index in [1.54, 1.807) is 11.3 Å². The Hall–Kier alpha value is -0.300. The molecule has 0 N–H and O–H groups in total. The first-order valence-electron chi connectivity index (χ1n) is 4.84. The monoisotopic (exact) mass is 182 g/mol. The molecule has 1 heteroatoms. The molecule has 1 heterocycles. The molecular formula is C11H18S. The smallest absolute Gasteiger partial charge is 0.00612 e. The molecule has 0 fully saturated rings. The lowest BCUT2D eigenvalue weighted by Crippen LogP contribution is -1.98. The summed E-state index contributed by atoms with van der Waals surface area (Å²) in [6.45, 7) is 4.62. The molecule has 0 aliphatic heterocycles. The van der Waals surface area contributed by atoms with Gasteiger partial charge in [-0.2, -0.15) is 11.3 Å². The third kappa shape index (κ3) is 3.40. The predicted molar refractivity (Wildman–Crippen MR) is 56.7 cm³/mol. The van der Waals surface area contributed by atoms with Crippen molar-refractivity contribution in [3.8, 4) is 0 Å². The molecule has 0 aromatic carbocycles. The average molecular weight is 182 g/mol. The van der Waals surface area contributed by atoms with Crippen molar-refractivity contribution in [2.75, 3.05) is 0 Å². The predicted octanol–water partition coefficient (Wildman–Crippen LogP) is 4.12. The van der Waals surface area contributed by atoms with Crippen LogP contribution >= 0.6 is 11.3 Å². The Balaban J connectivity index is 2.22. The minimum Gasteiger partial charge on any atom is -0.152 e. The SMILES string of the molecule is CCCCC(C)Cc1ccsc1. The highest BCUT2D eigenvalue weighted by Gasteiger charge is 2.02.